The van der Waals surface area contributed by atoms with E-state index in [1.54, 1.807) is 6.92 Å². The van der Waals surface area contributed by atoms with Crippen LogP contribution in [0.25, 0.3) is 0 Å². The van der Waals surface area contributed by atoms with Gasteiger partial charge in [0.1, 0.15) is 11.8 Å². The Bertz CT molecular complexity index is 367. The SMILES string of the molecule is CCNC(C(=O)O)c1ccc(OC(F)F)cc1. The minimum atomic E-state index is -2.88. The van der Waals surface area contributed by atoms with Crippen LogP contribution in [-0.2, 0) is 4.79 Å². The van der Waals surface area contributed by atoms with Gasteiger partial charge in [-0.15, -0.1) is 0 Å². The number of rotatable bonds is 6. The molecule has 0 fully saturated rings. The van der Waals surface area contributed by atoms with Gasteiger partial charge >= 0.3 is 12.6 Å². The van der Waals surface area contributed by atoms with Crippen molar-refractivity contribution in [3.05, 3.63) is 29.8 Å². The largest absolute Gasteiger partial charge is 0.480 e. The number of carbonyl (C=O) groups is 1. The molecule has 0 saturated carbocycles. The zero-order chi connectivity index (χ0) is 12.8. The summed E-state index contributed by atoms with van der Waals surface area (Å²) in [5.41, 5.74) is 0.487. The third-order valence-corrected chi connectivity index (χ3v) is 2.09. The standard InChI is InChI=1S/C11H13F2NO3/c1-2-14-9(10(15)16)7-3-5-8(6-4-7)17-11(12)13/h3-6,9,11,14H,2H2,1H3,(H,15,16). The van der Waals surface area contributed by atoms with E-state index in [4.69, 9.17) is 5.11 Å². The number of benzene rings is 1. The molecule has 1 aromatic carbocycles. The van der Waals surface area contributed by atoms with Gasteiger partial charge in [0, 0.05) is 0 Å². The molecule has 4 nitrogen and oxygen atoms in total. The Morgan fingerprint density at radius 2 is 2.00 bits per heavy atom. The molecular formula is C11H13F2NO3. The monoisotopic (exact) mass is 245 g/mol. The van der Waals surface area contributed by atoms with Crippen LogP contribution in [0.15, 0.2) is 24.3 Å². The summed E-state index contributed by atoms with van der Waals surface area (Å²) < 4.78 is 28.0. The normalized spacial score (nSPS) is 12.5. The molecule has 6 heteroatoms. The number of carboxylic acid groups (broad SMARTS) is 1. The van der Waals surface area contributed by atoms with Crippen LogP contribution in [0.4, 0.5) is 8.78 Å². The molecule has 1 rings (SSSR count). The van der Waals surface area contributed by atoms with Gasteiger partial charge in [0.15, 0.2) is 0 Å². The van der Waals surface area contributed by atoms with E-state index in [1.165, 1.54) is 24.3 Å². The topological polar surface area (TPSA) is 58.6 Å². The quantitative estimate of drug-likeness (QED) is 0.805. The fourth-order valence-corrected chi connectivity index (χ4v) is 1.39. The number of hydrogen-bond donors (Lipinski definition) is 2. The number of likely N-dealkylation sites (N-methyl/N-ethyl adjacent to an activating group) is 1. The van der Waals surface area contributed by atoms with E-state index in [0.29, 0.717) is 12.1 Å². The summed E-state index contributed by atoms with van der Waals surface area (Å²) >= 11 is 0. The van der Waals surface area contributed by atoms with Crippen molar-refractivity contribution in [2.75, 3.05) is 6.54 Å². The number of ether oxygens (including phenoxy) is 1. The minimum absolute atomic E-state index is 0.00406. The molecular weight excluding hydrogens is 232 g/mol. The first-order valence-electron chi connectivity index (χ1n) is 5.05. The predicted octanol–water partition coefficient (Wildman–Crippen LogP) is 2.02. The van der Waals surface area contributed by atoms with E-state index in [-0.39, 0.29) is 5.75 Å². The highest BCUT2D eigenvalue weighted by atomic mass is 19.3. The van der Waals surface area contributed by atoms with Gasteiger partial charge in [-0.3, -0.25) is 4.79 Å². The van der Waals surface area contributed by atoms with Crippen molar-refractivity contribution in [1.29, 1.82) is 0 Å². The lowest BCUT2D eigenvalue weighted by molar-refractivity contribution is -0.139. The predicted molar refractivity (Wildman–Crippen MR) is 57.1 cm³/mol. The molecule has 0 saturated heterocycles. The molecule has 1 aromatic rings. The van der Waals surface area contributed by atoms with Gasteiger partial charge in [0.05, 0.1) is 0 Å². The molecule has 17 heavy (non-hydrogen) atoms. The Morgan fingerprint density at radius 1 is 1.41 bits per heavy atom. The summed E-state index contributed by atoms with van der Waals surface area (Å²) in [6.07, 6.45) is 0. The highest BCUT2D eigenvalue weighted by Gasteiger charge is 2.18. The van der Waals surface area contributed by atoms with E-state index in [2.05, 4.69) is 10.1 Å². The first-order chi connectivity index (χ1) is 8.04. The zero-order valence-electron chi connectivity index (χ0n) is 9.19. The van der Waals surface area contributed by atoms with Gasteiger partial charge in [-0.2, -0.15) is 8.78 Å². The average Bonchev–Trinajstić information content (AvgIpc) is 2.26. The number of nitrogens with one attached hydrogen (secondary N) is 1. The van der Waals surface area contributed by atoms with Crippen LogP contribution in [0, 0.1) is 0 Å². The fourth-order valence-electron chi connectivity index (χ4n) is 1.39. The molecule has 0 bridgehead atoms. The number of halogens is 2. The summed E-state index contributed by atoms with van der Waals surface area (Å²) in [6, 6.07) is 4.67. The van der Waals surface area contributed by atoms with Crippen molar-refractivity contribution in [3.63, 3.8) is 0 Å². The first-order valence-corrected chi connectivity index (χ1v) is 5.05. The van der Waals surface area contributed by atoms with E-state index < -0.39 is 18.6 Å². The summed E-state index contributed by atoms with van der Waals surface area (Å²) in [4.78, 5) is 10.9. The maximum Gasteiger partial charge on any atom is 0.387 e. The lowest BCUT2D eigenvalue weighted by Crippen LogP contribution is -2.28. The summed E-state index contributed by atoms with van der Waals surface area (Å²) in [5.74, 6) is -1.02. The second-order valence-corrected chi connectivity index (χ2v) is 3.28. The van der Waals surface area contributed by atoms with Gasteiger partial charge in [-0.25, -0.2) is 0 Å². The molecule has 94 valence electrons. The van der Waals surface area contributed by atoms with Gasteiger partial charge in [0.2, 0.25) is 0 Å². The third kappa shape index (κ3) is 3.99. The maximum atomic E-state index is 11.9. The van der Waals surface area contributed by atoms with Crippen molar-refractivity contribution in [2.24, 2.45) is 0 Å². The van der Waals surface area contributed by atoms with Crippen LogP contribution in [-0.4, -0.2) is 24.2 Å². The maximum absolute atomic E-state index is 11.9. The Hall–Kier alpha value is -1.69. The van der Waals surface area contributed by atoms with Crippen molar-refractivity contribution in [2.45, 2.75) is 19.6 Å². The van der Waals surface area contributed by atoms with Gasteiger partial charge in [-0.05, 0) is 24.2 Å². The molecule has 0 heterocycles. The molecule has 0 aliphatic rings. The van der Waals surface area contributed by atoms with Crippen LogP contribution in [0.3, 0.4) is 0 Å². The number of alkyl halides is 2. The Balaban J connectivity index is 2.80. The molecule has 0 aliphatic heterocycles. The lowest BCUT2D eigenvalue weighted by atomic mass is 10.1. The van der Waals surface area contributed by atoms with E-state index >= 15 is 0 Å². The van der Waals surface area contributed by atoms with E-state index in [1.807, 2.05) is 0 Å². The van der Waals surface area contributed by atoms with Crippen LogP contribution in [0.2, 0.25) is 0 Å². The highest BCUT2D eigenvalue weighted by Crippen LogP contribution is 2.19. The molecule has 0 radical (unpaired) electrons. The summed E-state index contributed by atoms with van der Waals surface area (Å²) in [5, 5.41) is 11.7. The van der Waals surface area contributed by atoms with Crippen molar-refractivity contribution >= 4 is 5.97 Å². The molecule has 1 unspecified atom stereocenters. The second kappa shape index (κ2) is 6.15. The van der Waals surface area contributed by atoms with E-state index in [9.17, 15) is 13.6 Å². The van der Waals surface area contributed by atoms with E-state index in [0.717, 1.165) is 0 Å². The lowest BCUT2D eigenvalue weighted by Gasteiger charge is -2.14. The molecule has 0 spiro atoms. The number of carboxylic acids is 1. The van der Waals surface area contributed by atoms with Crippen molar-refractivity contribution < 1.29 is 23.4 Å². The first kappa shape index (κ1) is 13.4. The average molecular weight is 245 g/mol. The number of hydrogen-bond acceptors (Lipinski definition) is 3. The van der Waals surface area contributed by atoms with Crippen LogP contribution >= 0.6 is 0 Å². The smallest absolute Gasteiger partial charge is 0.387 e. The molecule has 0 aliphatic carbocycles. The zero-order valence-corrected chi connectivity index (χ0v) is 9.19. The van der Waals surface area contributed by atoms with Gasteiger partial charge < -0.3 is 15.2 Å². The van der Waals surface area contributed by atoms with Crippen LogP contribution in [0.1, 0.15) is 18.5 Å². The minimum Gasteiger partial charge on any atom is -0.480 e. The molecule has 2 N–H and O–H groups in total. The second-order valence-electron chi connectivity index (χ2n) is 3.28. The molecule has 0 amide bonds. The molecule has 0 aromatic heterocycles. The Morgan fingerprint density at radius 3 is 2.41 bits per heavy atom. The Labute approximate surface area is 97.2 Å². The number of aliphatic carboxylic acids is 1. The van der Waals surface area contributed by atoms with Crippen molar-refractivity contribution in [1.82, 2.24) is 5.32 Å². The van der Waals surface area contributed by atoms with Crippen LogP contribution in [0.5, 0.6) is 5.75 Å². The van der Waals surface area contributed by atoms with Crippen LogP contribution < -0.4 is 10.1 Å². The highest BCUT2D eigenvalue weighted by molar-refractivity contribution is 5.75. The van der Waals surface area contributed by atoms with Crippen molar-refractivity contribution in [3.8, 4) is 5.75 Å². The van der Waals surface area contributed by atoms with Gasteiger partial charge in [0.25, 0.3) is 0 Å². The summed E-state index contributed by atoms with van der Waals surface area (Å²) in [7, 11) is 0. The fraction of sp³-hybridized carbons (Fsp3) is 0.364. The Kier molecular flexibility index (Phi) is 4.84. The third-order valence-electron chi connectivity index (χ3n) is 2.09. The molecule has 1 atom stereocenters. The van der Waals surface area contributed by atoms with Gasteiger partial charge in [-0.1, -0.05) is 19.1 Å². The summed E-state index contributed by atoms with van der Waals surface area (Å²) in [6.45, 7) is -0.610.